The zero-order valence-corrected chi connectivity index (χ0v) is 12.5. The smallest absolute Gasteiger partial charge is 0.204 e. The Kier molecular flexibility index (Phi) is 3.47. The van der Waals surface area contributed by atoms with E-state index >= 15 is 0 Å². The van der Waals surface area contributed by atoms with Crippen molar-refractivity contribution in [3.63, 3.8) is 0 Å². The van der Waals surface area contributed by atoms with Gasteiger partial charge < -0.3 is 14.7 Å². The van der Waals surface area contributed by atoms with Crippen molar-refractivity contribution in [2.24, 2.45) is 0 Å². The zero-order chi connectivity index (χ0) is 15.0. The van der Waals surface area contributed by atoms with Crippen molar-refractivity contribution < 1.29 is 8.94 Å². The van der Waals surface area contributed by atoms with Crippen molar-refractivity contribution in [2.75, 3.05) is 5.73 Å². The lowest BCUT2D eigenvalue weighted by molar-refractivity contribution is 0.435. The summed E-state index contributed by atoms with van der Waals surface area (Å²) in [5.41, 5.74) is 9.52. The number of hydrogen-bond acceptors (Lipinski definition) is 4. The lowest BCUT2D eigenvalue weighted by Gasteiger charge is -2.07. The molecule has 108 valence electrons. The molecule has 3 rings (SSSR count). The first-order valence-electron chi connectivity index (χ1n) is 6.66. The van der Waals surface area contributed by atoms with E-state index in [2.05, 4.69) is 31.1 Å². The molecule has 1 aromatic carbocycles. The summed E-state index contributed by atoms with van der Waals surface area (Å²) in [7, 11) is 0. The van der Waals surface area contributed by atoms with E-state index in [1.165, 1.54) is 11.8 Å². The fourth-order valence-electron chi connectivity index (χ4n) is 2.26. The van der Waals surface area contributed by atoms with Crippen LogP contribution >= 0.6 is 11.6 Å². The molecule has 4 nitrogen and oxygen atoms in total. The number of benzene rings is 1. The van der Waals surface area contributed by atoms with Crippen LogP contribution in [0.15, 0.2) is 45.5 Å². The van der Waals surface area contributed by atoms with Crippen LogP contribution < -0.4 is 5.73 Å². The largest absolute Gasteiger partial charge is 0.452 e. The summed E-state index contributed by atoms with van der Waals surface area (Å²) in [6.45, 7) is 4.30. The van der Waals surface area contributed by atoms with Crippen LogP contribution in [0.5, 0.6) is 0 Å². The van der Waals surface area contributed by atoms with Gasteiger partial charge in [-0.1, -0.05) is 43.3 Å². The van der Waals surface area contributed by atoms with Crippen LogP contribution in [0.4, 0.5) is 5.82 Å². The van der Waals surface area contributed by atoms with Crippen molar-refractivity contribution in [3.05, 3.63) is 47.4 Å². The Hall–Kier alpha value is -2.20. The fourth-order valence-corrected chi connectivity index (χ4v) is 2.46. The molecule has 0 atom stereocenters. The molecule has 0 radical (unpaired) electrons. The second-order valence-electron chi connectivity index (χ2n) is 5.16. The number of nitrogens with zero attached hydrogens (tertiary/aromatic N) is 1. The summed E-state index contributed by atoms with van der Waals surface area (Å²) >= 11 is 6.01. The van der Waals surface area contributed by atoms with E-state index in [-0.39, 0.29) is 5.22 Å². The topological polar surface area (TPSA) is 65.2 Å². The summed E-state index contributed by atoms with van der Waals surface area (Å²) in [5, 5.41) is 4.11. The second kappa shape index (κ2) is 5.30. The molecule has 2 heterocycles. The molecule has 0 aliphatic rings. The van der Waals surface area contributed by atoms with Gasteiger partial charge in [0, 0.05) is 0 Å². The average molecular weight is 303 g/mol. The Morgan fingerprint density at radius 2 is 1.86 bits per heavy atom. The van der Waals surface area contributed by atoms with Gasteiger partial charge in [0.15, 0.2) is 11.6 Å². The maximum Gasteiger partial charge on any atom is 0.204 e. The Balaban J connectivity index is 2.10. The van der Waals surface area contributed by atoms with Gasteiger partial charge in [0.05, 0.1) is 17.4 Å². The summed E-state index contributed by atoms with van der Waals surface area (Å²) in [6.07, 6.45) is 1.50. The van der Waals surface area contributed by atoms with Gasteiger partial charge in [0.1, 0.15) is 0 Å². The standard InChI is InChI=1S/C16H15ClN2O2/c1-9(2)10-3-5-11(6-4-10)13-14(21-19-16(13)18)12-7-8-20-15(12)17/h3-9H,1-2H3,(H2,18,19). The Morgan fingerprint density at radius 1 is 1.14 bits per heavy atom. The number of nitrogens with two attached hydrogens (primary N) is 1. The van der Waals surface area contributed by atoms with E-state index in [9.17, 15) is 0 Å². The van der Waals surface area contributed by atoms with Crippen molar-refractivity contribution in [3.8, 4) is 22.5 Å². The van der Waals surface area contributed by atoms with Crippen LogP contribution in [0.3, 0.4) is 0 Å². The van der Waals surface area contributed by atoms with Crippen LogP contribution in [0.25, 0.3) is 22.5 Å². The van der Waals surface area contributed by atoms with Crippen molar-refractivity contribution >= 4 is 17.4 Å². The molecule has 0 aliphatic carbocycles. The number of nitrogen functional groups attached to an aromatic ring is 1. The van der Waals surface area contributed by atoms with E-state index in [1.807, 2.05) is 12.1 Å². The van der Waals surface area contributed by atoms with Gasteiger partial charge in [0.25, 0.3) is 0 Å². The molecule has 5 heteroatoms. The van der Waals surface area contributed by atoms with Crippen LogP contribution in [-0.2, 0) is 0 Å². The van der Waals surface area contributed by atoms with Crippen LogP contribution in [0, 0.1) is 0 Å². The first-order valence-corrected chi connectivity index (χ1v) is 7.04. The molecule has 21 heavy (non-hydrogen) atoms. The van der Waals surface area contributed by atoms with Crippen molar-refractivity contribution in [1.29, 1.82) is 0 Å². The summed E-state index contributed by atoms with van der Waals surface area (Å²) in [6, 6.07) is 9.90. The van der Waals surface area contributed by atoms with Crippen LogP contribution in [0.1, 0.15) is 25.3 Å². The van der Waals surface area contributed by atoms with E-state index in [1.54, 1.807) is 6.07 Å². The molecule has 0 aliphatic heterocycles. The van der Waals surface area contributed by atoms with Gasteiger partial charge in [-0.3, -0.25) is 0 Å². The SMILES string of the molecule is CC(C)c1ccc(-c2c(N)noc2-c2ccoc2Cl)cc1. The van der Waals surface area contributed by atoms with Gasteiger partial charge in [-0.15, -0.1) is 0 Å². The van der Waals surface area contributed by atoms with E-state index < -0.39 is 0 Å². The van der Waals surface area contributed by atoms with Gasteiger partial charge in [0.2, 0.25) is 5.22 Å². The van der Waals surface area contributed by atoms with Gasteiger partial charge in [-0.25, -0.2) is 0 Å². The first-order chi connectivity index (χ1) is 10.1. The monoisotopic (exact) mass is 302 g/mol. The summed E-state index contributed by atoms with van der Waals surface area (Å²) in [5.74, 6) is 1.32. The van der Waals surface area contributed by atoms with Crippen LogP contribution in [-0.4, -0.2) is 5.16 Å². The number of hydrogen-bond donors (Lipinski definition) is 1. The third-order valence-electron chi connectivity index (χ3n) is 3.45. The molecule has 2 N–H and O–H groups in total. The molecule has 0 unspecified atom stereocenters. The second-order valence-corrected chi connectivity index (χ2v) is 5.50. The lowest BCUT2D eigenvalue weighted by atomic mass is 9.98. The molecule has 0 fully saturated rings. The highest BCUT2D eigenvalue weighted by Gasteiger charge is 2.21. The Morgan fingerprint density at radius 3 is 2.43 bits per heavy atom. The Labute approximate surface area is 127 Å². The van der Waals surface area contributed by atoms with Crippen LogP contribution in [0.2, 0.25) is 5.22 Å². The molecule has 0 bridgehead atoms. The van der Waals surface area contributed by atoms with Gasteiger partial charge in [-0.05, 0) is 34.7 Å². The Bertz CT molecular complexity index is 757. The predicted molar refractivity (Wildman–Crippen MR) is 83.2 cm³/mol. The number of aromatic nitrogens is 1. The van der Waals surface area contributed by atoms with Crippen molar-refractivity contribution in [2.45, 2.75) is 19.8 Å². The minimum atomic E-state index is 0.256. The third kappa shape index (κ3) is 2.43. The molecule has 2 aromatic heterocycles. The molecular formula is C16H15ClN2O2. The molecule has 0 amide bonds. The number of rotatable bonds is 3. The van der Waals surface area contributed by atoms with E-state index in [0.717, 1.165) is 11.1 Å². The van der Waals surface area contributed by atoms with Crippen molar-refractivity contribution in [1.82, 2.24) is 5.16 Å². The highest BCUT2D eigenvalue weighted by Crippen LogP contribution is 2.40. The number of halogens is 1. The first kappa shape index (κ1) is 13.8. The predicted octanol–water partition coefficient (Wildman–Crippen LogP) is 4.96. The molecule has 0 spiro atoms. The molecule has 0 saturated heterocycles. The maximum absolute atomic E-state index is 6.01. The zero-order valence-electron chi connectivity index (χ0n) is 11.8. The average Bonchev–Trinajstić information content (AvgIpc) is 3.04. The minimum absolute atomic E-state index is 0.256. The fraction of sp³-hybridized carbons (Fsp3) is 0.188. The normalized spacial score (nSPS) is 11.2. The highest BCUT2D eigenvalue weighted by molar-refractivity contribution is 6.31. The molecule has 3 aromatic rings. The lowest BCUT2D eigenvalue weighted by Crippen LogP contribution is -1.90. The summed E-state index contributed by atoms with van der Waals surface area (Å²) < 4.78 is 10.4. The molecule has 0 saturated carbocycles. The third-order valence-corrected chi connectivity index (χ3v) is 3.74. The van der Waals surface area contributed by atoms with Gasteiger partial charge >= 0.3 is 0 Å². The van der Waals surface area contributed by atoms with Gasteiger partial charge in [-0.2, -0.15) is 0 Å². The minimum Gasteiger partial charge on any atom is -0.452 e. The number of anilines is 1. The quantitative estimate of drug-likeness (QED) is 0.742. The summed E-state index contributed by atoms with van der Waals surface area (Å²) in [4.78, 5) is 0. The van der Waals surface area contributed by atoms with E-state index in [4.69, 9.17) is 26.3 Å². The van der Waals surface area contributed by atoms with E-state index in [0.29, 0.717) is 23.1 Å². The highest BCUT2D eigenvalue weighted by atomic mass is 35.5. The molecular weight excluding hydrogens is 288 g/mol. The maximum atomic E-state index is 6.01. The number of furan rings is 1.